The van der Waals surface area contributed by atoms with Gasteiger partial charge < -0.3 is 10.1 Å². The fourth-order valence-corrected chi connectivity index (χ4v) is 1.71. The van der Waals surface area contributed by atoms with Crippen LogP contribution in [0.5, 0.6) is 0 Å². The van der Waals surface area contributed by atoms with Crippen LogP contribution in [-0.2, 0) is 16.1 Å². The lowest BCUT2D eigenvalue weighted by molar-refractivity contribution is -0.148. The molecule has 1 aromatic rings. The summed E-state index contributed by atoms with van der Waals surface area (Å²) in [5, 5.41) is 7.67. The number of nitrogens with one attached hydrogen (secondary N) is 1. The number of hydrogen-bond acceptors (Lipinski definition) is 4. The predicted molar refractivity (Wildman–Crippen MR) is 61.3 cm³/mol. The number of rotatable bonds is 5. The molecular weight excluding hydrogens is 230 g/mol. The van der Waals surface area contributed by atoms with Crippen molar-refractivity contribution in [2.45, 2.75) is 25.9 Å². The molecule has 16 heavy (non-hydrogen) atoms. The molecule has 6 heteroatoms. The number of halogens is 1. The van der Waals surface area contributed by atoms with Crippen molar-refractivity contribution in [1.29, 1.82) is 0 Å². The molecule has 1 N–H and O–H groups in total. The van der Waals surface area contributed by atoms with Gasteiger partial charge in [0, 0.05) is 6.20 Å². The largest absolute Gasteiger partial charge is 0.468 e. The second-order valence-corrected chi connectivity index (χ2v) is 4.15. The van der Waals surface area contributed by atoms with E-state index in [0.29, 0.717) is 18.1 Å². The molecule has 0 saturated heterocycles. The van der Waals surface area contributed by atoms with Crippen molar-refractivity contribution >= 4 is 17.6 Å². The summed E-state index contributed by atoms with van der Waals surface area (Å²) in [7, 11) is 1.37. The number of carbonyl (C=O) groups excluding carboxylic acids is 1. The molecule has 0 aliphatic carbocycles. The highest BCUT2D eigenvalue weighted by Crippen LogP contribution is 2.12. The van der Waals surface area contributed by atoms with Gasteiger partial charge in [-0.05, 0) is 13.5 Å². The highest BCUT2D eigenvalue weighted by atomic mass is 35.5. The van der Waals surface area contributed by atoms with Crippen molar-refractivity contribution in [2.24, 2.45) is 0 Å². The summed E-state index contributed by atoms with van der Waals surface area (Å²) in [5.74, 6) is -0.319. The third-order valence-electron chi connectivity index (χ3n) is 2.28. The van der Waals surface area contributed by atoms with Gasteiger partial charge in [0.05, 0.1) is 24.9 Å². The molecule has 0 bridgehead atoms. The van der Waals surface area contributed by atoms with Crippen LogP contribution >= 0.6 is 11.6 Å². The van der Waals surface area contributed by atoms with E-state index in [1.807, 2.05) is 6.92 Å². The van der Waals surface area contributed by atoms with Crippen LogP contribution in [0, 0.1) is 0 Å². The van der Waals surface area contributed by atoms with Crippen molar-refractivity contribution in [3.63, 3.8) is 0 Å². The molecule has 0 aliphatic heterocycles. The van der Waals surface area contributed by atoms with E-state index < -0.39 is 5.54 Å². The summed E-state index contributed by atoms with van der Waals surface area (Å²) in [6, 6.07) is 0. The Labute approximate surface area is 99.7 Å². The second-order valence-electron chi connectivity index (χ2n) is 3.71. The lowest BCUT2D eigenvalue weighted by atomic mass is 10.0. The van der Waals surface area contributed by atoms with Gasteiger partial charge in [-0.2, -0.15) is 5.10 Å². The van der Waals surface area contributed by atoms with Gasteiger partial charge in [-0.15, -0.1) is 0 Å². The van der Waals surface area contributed by atoms with Crippen molar-refractivity contribution in [3.8, 4) is 0 Å². The third-order valence-corrected chi connectivity index (χ3v) is 2.48. The number of ether oxygens (including phenoxy) is 1. The molecule has 1 heterocycles. The Kier molecular flexibility index (Phi) is 4.32. The Morgan fingerprint density at radius 2 is 2.44 bits per heavy atom. The summed E-state index contributed by atoms with van der Waals surface area (Å²) in [5.41, 5.74) is -0.793. The maximum absolute atomic E-state index is 11.7. The monoisotopic (exact) mass is 245 g/mol. The lowest BCUT2D eigenvalue weighted by Gasteiger charge is -2.27. The average Bonchev–Trinajstić information content (AvgIpc) is 2.62. The van der Waals surface area contributed by atoms with Gasteiger partial charge in [0.15, 0.2) is 0 Å². The van der Waals surface area contributed by atoms with Crippen LogP contribution in [-0.4, -0.2) is 34.9 Å². The standard InChI is InChI=1S/C10H16ClN3O2/c1-4-12-10(2,9(15)16-3)7-14-6-8(11)5-13-14/h5-6,12H,4,7H2,1-3H3. The van der Waals surface area contributed by atoms with Crippen molar-refractivity contribution in [1.82, 2.24) is 15.1 Å². The Morgan fingerprint density at radius 3 is 2.88 bits per heavy atom. The number of hydrogen-bond donors (Lipinski definition) is 1. The Balaban J connectivity index is 2.82. The molecule has 1 unspecified atom stereocenters. The van der Waals surface area contributed by atoms with Crippen LogP contribution in [0.15, 0.2) is 12.4 Å². The van der Waals surface area contributed by atoms with Gasteiger partial charge in [-0.3, -0.25) is 4.68 Å². The Bertz CT molecular complexity index is 367. The van der Waals surface area contributed by atoms with Gasteiger partial charge in [0.2, 0.25) is 0 Å². The molecule has 0 saturated carbocycles. The number of aromatic nitrogens is 2. The molecule has 1 atom stereocenters. The molecule has 1 aromatic heterocycles. The SMILES string of the molecule is CCNC(C)(Cn1cc(Cl)cn1)C(=O)OC. The van der Waals surface area contributed by atoms with E-state index in [4.69, 9.17) is 16.3 Å². The topological polar surface area (TPSA) is 56.2 Å². The third kappa shape index (κ3) is 2.96. The minimum absolute atomic E-state index is 0.319. The predicted octanol–water partition coefficient (Wildman–Crippen LogP) is 1.08. The minimum Gasteiger partial charge on any atom is -0.468 e. The first kappa shape index (κ1) is 13.0. The van der Waals surface area contributed by atoms with E-state index in [1.54, 1.807) is 17.8 Å². The molecule has 0 aromatic carbocycles. The van der Waals surface area contributed by atoms with E-state index in [-0.39, 0.29) is 5.97 Å². The summed E-state index contributed by atoms with van der Waals surface area (Å²) in [4.78, 5) is 11.7. The zero-order chi connectivity index (χ0) is 12.2. The molecule has 1 rings (SSSR count). The van der Waals surface area contributed by atoms with Gasteiger partial charge in [0.25, 0.3) is 0 Å². The summed E-state index contributed by atoms with van der Waals surface area (Å²) < 4.78 is 6.38. The van der Waals surface area contributed by atoms with E-state index in [9.17, 15) is 4.79 Å². The fourth-order valence-electron chi connectivity index (χ4n) is 1.56. The van der Waals surface area contributed by atoms with Crippen molar-refractivity contribution in [3.05, 3.63) is 17.4 Å². The molecule has 0 spiro atoms. The number of likely N-dealkylation sites (N-methyl/N-ethyl adjacent to an activating group) is 1. The van der Waals surface area contributed by atoms with Gasteiger partial charge in [-0.25, -0.2) is 4.79 Å². The minimum atomic E-state index is -0.793. The zero-order valence-electron chi connectivity index (χ0n) is 9.66. The van der Waals surface area contributed by atoms with E-state index in [2.05, 4.69) is 10.4 Å². The van der Waals surface area contributed by atoms with Crippen LogP contribution in [0.1, 0.15) is 13.8 Å². The molecule has 0 aliphatic rings. The summed E-state index contributed by atoms with van der Waals surface area (Å²) in [6.07, 6.45) is 3.20. The number of carbonyl (C=O) groups is 1. The smallest absolute Gasteiger partial charge is 0.327 e. The van der Waals surface area contributed by atoms with Crippen LogP contribution in [0.4, 0.5) is 0 Å². The lowest BCUT2D eigenvalue weighted by Crippen LogP contribution is -2.53. The molecule has 0 fully saturated rings. The first-order valence-corrected chi connectivity index (χ1v) is 5.41. The number of esters is 1. The maximum Gasteiger partial charge on any atom is 0.327 e. The zero-order valence-corrected chi connectivity index (χ0v) is 10.4. The first-order chi connectivity index (χ1) is 7.51. The summed E-state index contributed by atoms with van der Waals surface area (Å²) >= 11 is 5.76. The van der Waals surface area contributed by atoms with Crippen molar-refractivity contribution < 1.29 is 9.53 Å². The molecule has 0 radical (unpaired) electrons. The average molecular weight is 246 g/mol. The van der Waals surface area contributed by atoms with Crippen molar-refractivity contribution in [2.75, 3.05) is 13.7 Å². The van der Waals surface area contributed by atoms with Crippen LogP contribution < -0.4 is 5.32 Å². The fraction of sp³-hybridized carbons (Fsp3) is 0.600. The molecule has 5 nitrogen and oxygen atoms in total. The number of nitrogens with zero attached hydrogens (tertiary/aromatic N) is 2. The van der Waals surface area contributed by atoms with Crippen LogP contribution in [0.3, 0.4) is 0 Å². The van der Waals surface area contributed by atoms with Crippen LogP contribution in [0.25, 0.3) is 0 Å². The van der Waals surface area contributed by atoms with Gasteiger partial charge in [-0.1, -0.05) is 18.5 Å². The highest BCUT2D eigenvalue weighted by molar-refractivity contribution is 6.30. The van der Waals surface area contributed by atoms with E-state index in [0.717, 1.165) is 0 Å². The molecule has 0 amide bonds. The quantitative estimate of drug-likeness (QED) is 0.789. The van der Waals surface area contributed by atoms with Gasteiger partial charge >= 0.3 is 5.97 Å². The molecule has 90 valence electrons. The van der Waals surface area contributed by atoms with E-state index >= 15 is 0 Å². The summed E-state index contributed by atoms with van der Waals surface area (Å²) in [6.45, 7) is 4.75. The van der Waals surface area contributed by atoms with Crippen LogP contribution in [0.2, 0.25) is 5.02 Å². The Hall–Kier alpha value is -1.07. The number of methoxy groups -OCH3 is 1. The maximum atomic E-state index is 11.7. The first-order valence-electron chi connectivity index (χ1n) is 5.03. The van der Waals surface area contributed by atoms with E-state index in [1.165, 1.54) is 13.3 Å². The van der Waals surface area contributed by atoms with Gasteiger partial charge in [0.1, 0.15) is 5.54 Å². The normalized spacial score (nSPS) is 14.5. The molecular formula is C10H16ClN3O2. The highest BCUT2D eigenvalue weighted by Gasteiger charge is 2.34. The Morgan fingerprint density at radius 1 is 1.75 bits per heavy atom. The second kappa shape index (κ2) is 5.32.